The summed E-state index contributed by atoms with van der Waals surface area (Å²) in [5, 5.41) is 4.02. The van der Waals surface area contributed by atoms with E-state index in [0.29, 0.717) is 17.1 Å². The minimum Gasteiger partial charge on any atom is -0.496 e. The predicted octanol–water partition coefficient (Wildman–Crippen LogP) is 3.60. The summed E-state index contributed by atoms with van der Waals surface area (Å²) >= 11 is 3.36. The average molecular weight is 462 g/mol. The standard InChI is InChI=1S/C21H24BrN3O4/c1-27-19-12-18(25-8-3-4-9-25)20(28-2)10-15(19)13-23-24-21(26)14-29-17-7-5-6-16(22)11-17/h5-7,10-13H,3-4,8-9,14H2,1-2H3,(H,24,26)/b23-13+. The van der Waals surface area contributed by atoms with Gasteiger partial charge in [0.1, 0.15) is 17.2 Å². The smallest absolute Gasteiger partial charge is 0.277 e. The van der Waals surface area contributed by atoms with Crippen LogP contribution in [0.15, 0.2) is 46.0 Å². The molecule has 3 rings (SSSR count). The van der Waals surface area contributed by atoms with E-state index in [1.165, 1.54) is 19.1 Å². The zero-order valence-corrected chi connectivity index (χ0v) is 18.1. The summed E-state index contributed by atoms with van der Waals surface area (Å²) in [6.45, 7) is 1.87. The van der Waals surface area contributed by atoms with Crippen molar-refractivity contribution >= 4 is 33.7 Å². The Bertz CT molecular complexity index is 882. The van der Waals surface area contributed by atoms with Gasteiger partial charge in [-0.05, 0) is 37.1 Å². The van der Waals surface area contributed by atoms with Gasteiger partial charge in [-0.3, -0.25) is 4.79 Å². The Balaban J connectivity index is 1.63. The summed E-state index contributed by atoms with van der Waals surface area (Å²) in [5.41, 5.74) is 4.18. The average Bonchev–Trinajstić information content (AvgIpc) is 3.26. The van der Waals surface area contributed by atoms with Crippen LogP contribution in [0.4, 0.5) is 5.69 Å². The first-order chi connectivity index (χ1) is 14.1. The lowest BCUT2D eigenvalue weighted by Gasteiger charge is -2.22. The van der Waals surface area contributed by atoms with Gasteiger partial charge in [0.25, 0.3) is 5.91 Å². The lowest BCUT2D eigenvalue weighted by molar-refractivity contribution is -0.123. The number of rotatable bonds is 8. The number of benzene rings is 2. The molecule has 0 bridgehead atoms. The Morgan fingerprint density at radius 1 is 1.17 bits per heavy atom. The molecule has 0 atom stereocenters. The molecule has 8 heteroatoms. The van der Waals surface area contributed by atoms with E-state index in [1.807, 2.05) is 24.3 Å². The summed E-state index contributed by atoms with van der Waals surface area (Å²) in [5.74, 6) is 1.65. The number of nitrogens with one attached hydrogen (secondary N) is 1. The fraction of sp³-hybridized carbons (Fsp3) is 0.333. The third kappa shape index (κ3) is 5.63. The molecule has 1 aliphatic heterocycles. The number of carbonyl (C=O) groups is 1. The second-order valence-electron chi connectivity index (χ2n) is 6.50. The molecule has 0 unspecified atom stereocenters. The normalized spacial score (nSPS) is 13.6. The minimum atomic E-state index is -0.360. The number of methoxy groups -OCH3 is 2. The van der Waals surface area contributed by atoms with Gasteiger partial charge in [-0.2, -0.15) is 5.10 Å². The molecule has 2 aromatic rings. The highest BCUT2D eigenvalue weighted by molar-refractivity contribution is 9.10. The van der Waals surface area contributed by atoms with Crippen molar-refractivity contribution in [2.24, 2.45) is 5.10 Å². The second kappa shape index (κ2) is 10.2. The van der Waals surface area contributed by atoms with Crippen molar-refractivity contribution in [1.82, 2.24) is 5.43 Å². The third-order valence-electron chi connectivity index (χ3n) is 4.54. The van der Waals surface area contributed by atoms with Crippen LogP contribution in [0.3, 0.4) is 0 Å². The number of hydrazone groups is 1. The van der Waals surface area contributed by atoms with E-state index in [2.05, 4.69) is 31.4 Å². The van der Waals surface area contributed by atoms with E-state index < -0.39 is 0 Å². The molecular formula is C21H24BrN3O4. The van der Waals surface area contributed by atoms with E-state index in [0.717, 1.165) is 29.0 Å². The summed E-state index contributed by atoms with van der Waals surface area (Å²) in [6, 6.07) is 11.1. The highest BCUT2D eigenvalue weighted by atomic mass is 79.9. The van der Waals surface area contributed by atoms with Crippen LogP contribution in [0.5, 0.6) is 17.2 Å². The summed E-state index contributed by atoms with van der Waals surface area (Å²) in [6.07, 6.45) is 3.87. The van der Waals surface area contributed by atoms with Gasteiger partial charge < -0.3 is 19.1 Å². The van der Waals surface area contributed by atoms with Gasteiger partial charge in [-0.25, -0.2) is 5.43 Å². The first-order valence-corrected chi connectivity index (χ1v) is 10.1. The number of hydrogen-bond acceptors (Lipinski definition) is 6. The van der Waals surface area contributed by atoms with Gasteiger partial charge in [0.2, 0.25) is 0 Å². The Kier molecular flexibility index (Phi) is 7.35. The number of carbonyl (C=O) groups excluding carboxylic acids is 1. The maximum absolute atomic E-state index is 12.0. The van der Waals surface area contributed by atoms with Gasteiger partial charge >= 0.3 is 0 Å². The highest BCUT2D eigenvalue weighted by Crippen LogP contribution is 2.36. The lowest BCUT2D eigenvalue weighted by Crippen LogP contribution is -2.24. The Labute approximate surface area is 178 Å². The summed E-state index contributed by atoms with van der Waals surface area (Å²) < 4.78 is 17.4. The van der Waals surface area contributed by atoms with E-state index in [1.54, 1.807) is 26.4 Å². The maximum Gasteiger partial charge on any atom is 0.277 e. The van der Waals surface area contributed by atoms with Gasteiger partial charge in [0.15, 0.2) is 6.61 Å². The van der Waals surface area contributed by atoms with E-state index in [9.17, 15) is 4.79 Å². The largest absolute Gasteiger partial charge is 0.496 e. The van der Waals surface area contributed by atoms with Gasteiger partial charge in [-0.1, -0.05) is 22.0 Å². The molecule has 154 valence electrons. The maximum atomic E-state index is 12.0. The van der Waals surface area contributed by atoms with Crippen LogP contribution in [-0.2, 0) is 4.79 Å². The van der Waals surface area contributed by atoms with Crippen LogP contribution in [0.2, 0.25) is 0 Å². The minimum absolute atomic E-state index is 0.137. The van der Waals surface area contributed by atoms with E-state index in [4.69, 9.17) is 14.2 Å². The van der Waals surface area contributed by atoms with Crippen LogP contribution in [0.1, 0.15) is 18.4 Å². The van der Waals surface area contributed by atoms with Crippen LogP contribution in [-0.4, -0.2) is 46.0 Å². The quantitative estimate of drug-likeness (QED) is 0.480. The summed E-state index contributed by atoms with van der Waals surface area (Å²) in [4.78, 5) is 14.3. The first-order valence-electron chi connectivity index (χ1n) is 9.32. The van der Waals surface area contributed by atoms with Crippen molar-refractivity contribution in [2.45, 2.75) is 12.8 Å². The number of hydrogen-bond donors (Lipinski definition) is 1. The first kappa shape index (κ1) is 21.0. The molecule has 29 heavy (non-hydrogen) atoms. The molecule has 0 aromatic heterocycles. The molecule has 1 amide bonds. The lowest BCUT2D eigenvalue weighted by atomic mass is 10.1. The Morgan fingerprint density at radius 3 is 2.62 bits per heavy atom. The van der Waals surface area contributed by atoms with E-state index >= 15 is 0 Å². The van der Waals surface area contributed by atoms with Gasteiger partial charge in [0, 0.05) is 29.2 Å². The van der Waals surface area contributed by atoms with Crippen LogP contribution >= 0.6 is 15.9 Å². The third-order valence-corrected chi connectivity index (χ3v) is 5.03. The zero-order valence-electron chi connectivity index (χ0n) is 16.5. The zero-order chi connectivity index (χ0) is 20.6. The van der Waals surface area contributed by atoms with Gasteiger partial charge in [-0.15, -0.1) is 0 Å². The van der Waals surface area contributed by atoms with Crippen molar-refractivity contribution in [3.8, 4) is 17.2 Å². The molecule has 1 heterocycles. The highest BCUT2D eigenvalue weighted by Gasteiger charge is 2.19. The predicted molar refractivity (Wildman–Crippen MR) is 116 cm³/mol. The van der Waals surface area contributed by atoms with Crippen molar-refractivity contribution in [3.63, 3.8) is 0 Å². The Morgan fingerprint density at radius 2 is 1.93 bits per heavy atom. The molecular weight excluding hydrogens is 438 g/mol. The Hall–Kier alpha value is -2.74. The fourth-order valence-corrected chi connectivity index (χ4v) is 3.50. The van der Waals surface area contributed by atoms with Gasteiger partial charge in [0.05, 0.1) is 26.1 Å². The molecule has 0 radical (unpaired) electrons. The monoisotopic (exact) mass is 461 g/mol. The number of anilines is 1. The SMILES string of the molecule is COc1cc(N2CCCC2)c(OC)cc1/C=N/NC(=O)COc1cccc(Br)c1. The van der Waals surface area contributed by atoms with Crippen LogP contribution in [0, 0.1) is 0 Å². The fourth-order valence-electron chi connectivity index (χ4n) is 3.12. The number of halogens is 1. The van der Waals surface area contributed by atoms with Crippen LogP contribution < -0.4 is 24.5 Å². The molecule has 0 aliphatic carbocycles. The topological polar surface area (TPSA) is 72.4 Å². The molecule has 0 saturated carbocycles. The molecule has 7 nitrogen and oxygen atoms in total. The number of ether oxygens (including phenoxy) is 3. The van der Waals surface area contributed by atoms with Crippen molar-refractivity contribution < 1.29 is 19.0 Å². The number of amides is 1. The molecule has 1 fully saturated rings. The number of nitrogens with zero attached hydrogens (tertiary/aromatic N) is 2. The van der Waals surface area contributed by atoms with Crippen molar-refractivity contribution in [1.29, 1.82) is 0 Å². The second-order valence-corrected chi connectivity index (χ2v) is 7.42. The van der Waals surface area contributed by atoms with E-state index in [-0.39, 0.29) is 12.5 Å². The van der Waals surface area contributed by atoms with Crippen molar-refractivity contribution in [2.75, 3.05) is 38.8 Å². The van der Waals surface area contributed by atoms with Crippen LogP contribution in [0.25, 0.3) is 0 Å². The molecule has 2 aromatic carbocycles. The molecule has 1 saturated heterocycles. The summed E-state index contributed by atoms with van der Waals surface area (Å²) in [7, 11) is 3.25. The molecule has 1 aliphatic rings. The van der Waals surface area contributed by atoms with Crippen molar-refractivity contribution in [3.05, 3.63) is 46.4 Å². The molecule has 1 N–H and O–H groups in total. The molecule has 0 spiro atoms.